The van der Waals surface area contributed by atoms with Gasteiger partial charge in [-0.2, -0.15) is 0 Å². The van der Waals surface area contributed by atoms with E-state index in [1.807, 2.05) is 24.3 Å². The first kappa shape index (κ1) is 13.0. The fraction of sp³-hybridized carbons (Fsp3) is 0.294. The topological polar surface area (TPSA) is 44.5 Å². The normalized spacial score (nSPS) is 14.6. The van der Waals surface area contributed by atoms with Crippen LogP contribution in [0.2, 0.25) is 0 Å². The van der Waals surface area contributed by atoms with Crippen molar-refractivity contribution >= 4 is 0 Å². The van der Waals surface area contributed by atoms with E-state index >= 15 is 0 Å². The first-order valence-corrected chi connectivity index (χ1v) is 6.85. The number of nitrogens with two attached hydrogens (primary N) is 1. The molecule has 1 unspecified atom stereocenters. The minimum absolute atomic E-state index is 0.119. The van der Waals surface area contributed by atoms with Crippen LogP contribution in [0.15, 0.2) is 36.4 Å². The number of hydrogen-bond donors (Lipinski definition) is 1. The van der Waals surface area contributed by atoms with Crippen molar-refractivity contribution in [1.82, 2.24) is 0 Å². The molecule has 0 bridgehead atoms. The number of methoxy groups -OCH3 is 1. The SMILES string of the molecule is COc1ccc(C(N)c2ccc3c(c2)CCO3)c(C)c1. The Morgan fingerprint density at radius 2 is 2.05 bits per heavy atom. The van der Waals surface area contributed by atoms with Crippen molar-refractivity contribution < 1.29 is 9.47 Å². The minimum Gasteiger partial charge on any atom is -0.497 e. The fourth-order valence-corrected chi connectivity index (χ4v) is 2.70. The van der Waals surface area contributed by atoms with Crippen molar-refractivity contribution in [1.29, 1.82) is 0 Å². The molecule has 20 heavy (non-hydrogen) atoms. The molecule has 0 amide bonds. The van der Waals surface area contributed by atoms with Gasteiger partial charge in [-0.25, -0.2) is 0 Å². The zero-order valence-corrected chi connectivity index (χ0v) is 11.8. The van der Waals surface area contributed by atoms with Gasteiger partial charge in [0.05, 0.1) is 19.8 Å². The third kappa shape index (κ3) is 2.25. The lowest BCUT2D eigenvalue weighted by Crippen LogP contribution is -2.13. The average Bonchev–Trinajstić information content (AvgIpc) is 2.93. The number of ether oxygens (including phenoxy) is 2. The molecule has 0 saturated carbocycles. The molecule has 3 rings (SSSR count). The Bertz CT molecular complexity index is 637. The molecule has 0 radical (unpaired) electrons. The first-order valence-electron chi connectivity index (χ1n) is 6.85. The Balaban J connectivity index is 1.94. The standard InChI is InChI=1S/C17H19NO2/c1-11-9-14(19-2)4-5-15(11)17(18)13-3-6-16-12(10-13)7-8-20-16/h3-6,9-10,17H,7-8,18H2,1-2H3. The Kier molecular flexibility index (Phi) is 3.36. The molecular weight excluding hydrogens is 250 g/mol. The number of hydrogen-bond acceptors (Lipinski definition) is 3. The van der Waals surface area contributed by atoms with Crippen LogP contribution in [0.1, 0.15) is 28.3 Å². The lowest BCUT2D eigenvalue weighted by molar-refractivity contribution is 0.357. The summed E-state index contributed by atoms with van der Waals surface area (Å²) in [6.45, 7) is 2.84. The molecule has 0 aromatic heterocycles. The molecule has 1 heterocycles. The molecule has 2 aromatic carbocycles. The molecule has 0 aliphatic carbocycles. The lowest BCUT2D eigenvalue weighted by Gasteiger charge is -2.17. The van der Waals surface area contributed by atoms with Gasteiger partial charge in [0, 0.05) is 6.42 Å². The molecule has 1 aliphatic rings. The number of rotatable bonds is 3. The number of aryl methyl sites for hydroxylation is 1. The monoisotopic (exact) mass is 269 g/mol. The van der Waals surface area contributed by atoms with Gasteiger partial charge in [0.25, 0.3) is 0 Å². The second-order valence-corrected chi connectivity index (χ2v) is 5.17. The van der Waals surface area contributed by atoms with E-state index in [0.717, 1.165) is 41.2 Å². The highest BCUT2D eigenvalue weighted by atomic mass is 16.5. The van der Waals surface area contributed by atoms with Crippen LogP contribution >= 0.6 is 0 Å². The summed E-state index contributed by atoms with van der Waals surface area (Å²) in [7, 11) is 1.68. The Morgan fingerprint density at radius 1 is 1.20 bits per heavy atom. The maximum Gasteiger partial charge on any atom is 0.122 e. The van der Waals surface area contributed by atoms with E-state index in [2.05, 4.69) is 19.1 Å². The maximum absolute atomic E-state index is 6.42. The molecule has 2 N–H and O–H groups in total. The zero-order chi connectivity index (χ0) is 14.1. The van der Waals surface area contributed by atoms with Crippen molar-refractivity contribution in [3.05, 3.63) is 58.7 Å². The predicted molar refractivity (Wildman–Crippen MR) is 79.4 cm³/mol. The van der Waals surface area contributed by atoms with Crippen LogP contribution in [-0.4, -0.2) is 13.7 Å². The molecule has 3 nitrogen and oxygen atoms in total. The van der Waals surface area contributed by atoms with Crippen molar-refractivity contribution in [3.8, 4) is 11.5 Å². The summed E-state index contributed by atoms with van der Waals surface area (Å²) in [6.07, 6.45) is 0.970. The number of benzene rings is 2. The summed E-state index contributed by atoms with van der Waals surface area (Å²) in [5, 5.41) is 0. The molecule has 2 aromatic rings. The van der Waals surface area contributed by atoms with E-state index in [0.29, 0.717) is 0 Å². The summed E-state index contributed by atoms with van der Waals surface area (Å²) in [4.78, 5) is 0. The Labute approximate surface area is 119 Å². The van der Waals surface area contributed by atoms with E-state index in [-0.39, 0.29) is 6.04 Å². The summed E-state index contributed by atoms with van der Waals surface area (Å²) in [5.41, 5.74) is 11.1. The summed E-state index contributed by atoms with van der Waals surface area (Å²) in [6, 6.07) is 12.1. The zero-order valence-electron chi connectivity index (χ0n) is 11.8. The van der Waals surface area contributed by atoms with Gasteiger partial charge >= 0.3 is 0 Å². The van der Waals surface area contributed by atoms with E-state index in [9.17, 15) is 0 Å². The van der Waals surface area contributed by atoms with E-state index in [1.54, 1.807) is 7.11 Å². The molecule has 1 atom stereocenters. The van der Waals surface area contributed by atoms with Crippen molar-refractivity contribution in [3.63, 3.8) is 0 Å². The van der Waals surface area contributed by atoms with Gasteiger partial charge < -0.3 is 15.2 Å². The third-order valence-corrected chi connectivity index (χ3v) is 3.88. The second-order valence-electron chi connectivity index (χ2n) is 5.17. The van der Waals surface area contributed by atoms with Gasteiger partial charge in [0.2, 0.25) is 0 Å². The van der Waals surface area contributed by atoms with E-state index in [4.69, 9.17) is 15.2 Å². The molecule has 0 saturated heterocycles. The van der Waals surface area contributed by atoms with Crippen LogP contribution < -0.4 is 15.2 Å². The summed E-state index contributed by atoms with van der Waals surface area (Å²) < 4.78 is 10.8. The smallest absolute Gasteiger partial charge is 0.122 e. The van der Waals surface area contributed by atoms with Gasteiger partial charge in [-0.3, -0.25) is 0 Å². The van der Waals surface area contributed by atoms with Crippen molar-refractivity contribution in [2.45, 2.75) is 19.4 Å². The second kappa shape index (κ2) is 5.17. The first-order chi connectivity index (χ1) is 9.69. The molecular formula is C17H19NO2. The quantitative estimate of drug-likeness (QED) is 0.931. The predicted octanol–water partition coefficient (Wildman–Crippen LogP) is 2.99. The van der Waals surface area contributed by atoms with Crippen LogP contribution in [0.4, 0.5) is 0 Å². The van der Waals surface area contributed by atoms with Gasteiger partial charge in [-0.1, -0.05) is 18.2 Å². The molecule has 0 spiro atoms. The third-order valence-electron chi connectivity index (χ3n) is 3.88. The van der Waals surface area contributed by atoms with Crippen LogP contribution in [0.3, 0.4) is 0 Å². The Morgan fingerprint density at radius 3 is 2.80 bits per heavy atom. The van der Waals surface area contributed by atoms with Crippen LogP contribution in [0.25, 0.3) is 0 Å². The highest BCUT2D eigenvalue weighted by molar-refractivity contribution is 5.45. The Hall–Kier alpha value is -2.00. The molecule has 0 fully saturated rings. The van der Waals surface area contributed by atoms with Crippen LogP contribution in [0, 0.1) is 6.92 Å². The summed E-state index contributed by atoms with van der Waals surface area (Å²) >= 11 is 0. The number of fused-ring (bicyclic) bond motifs is 1. The molecule has 104 valence electrons. The largest absolute Gasteiger partial charge is 0.497 e. The highest BCUT2D eigenvalue weighted by Crippen LogP contribution is 2.31. The van der Waals surface area contributed by atoms with Crippen molar-refractivity contribution in [2.75, 3.05) is 13.7 Å². The van der Waals surface area contributed by atoms with E-state index < -0.39 is 0 Å². The summed E-state index contributed by atoms with van der Waals surface area (Å²) in [5.74, 6) is 1.85. The van der Waals surface area contributed by atoms with Gasteiger partial charge in [-0.05, 0) is 47.4 Å². The highest BCUT2D eigenvalue weighted by Gasteiger charge is 2.17. The molecule has 3 heteroatoms. The maximum atomic E-state index is 6.42. The van der Waals surface area contributed by atoms with E-state index in [1.165, 1.54) is 5.56 Å². The van der Waals surface area contributed by atoms with Crippen LogP contribution in [-0.2, 0) is 6.42 Å². The van der Waals surface area contributed by atoms with Crippen molar-refractivity contribution in [2.24, 2.45) is 5.73 Å². The molecule has 1 aliphatic heterocycles. The average molecular weight is 269 g/mol. The minimum atomic E-state index is -0.119. The van der Waals surface area contributed by atoms with Gasteiger partial charge in [0.15, 0.2) is 0 Å². The lowest BCUT2D eigenvalue weighted by atomic mass is 9.94. The fourth-order valence-electron chi connectivity index (χ4n) is 2.70. The van der Waals surface area contributed by atoms with Gasteiger partial charge in [-0.15, -0.1) is 0 Å². The van der Waals surface area contributed by atoms with Gasteiger partial charge in [0.1, 0.15) is 11.5 Å². The van der Waals surface area contributed by atoms with Crippen LogP contribution in [0.5, 0.6) is 11.5 Å².